The van der Waals surface area contributed by atoms with Crippen molar-refractivity contribution in [2.24, 2.45) is 5.73 Å². The number of unbranched alkanes of at least 4 members (excludes halogenated alkanes) is 24. The second kappa shape index (κ2) is 36.8. The number of hydrogen-bond acceptors (Lipinski definition) is 6. The van der Waals surface area contributed by atoms with Gasteiger partial charge in [-0.15, -0.1) is 0 Å². The highest BCUT2D eigenvalue weighted by Gasteiger charge is 2.26. The summed E-state index contributed by atoms with van der Waals surface area (Å²) in [6.07, 6.45) is 40.7. The van der Waals surface area contributed by atoms with Gasteiger partial charge in [0.1, 0.15) is 0 Å². The molecule has 0 aliphatic heterocycles. The molecule has 5 N–H and O–H groups in total. The van der Waals surface area contributed by atoms with Crippen molar-refractivity contribution in [3.05, 3.63) is 24.3 Å². The Morgan fingerprint density at radius 1 is 0.653 bits per heavy atom. The number of allylic oxidation sites excluding steroid dienone is 3. The zero-order chi connectivity index (χ0) is 36.1. The molecule has 0 saturated carbocycles. The molecule has 0 radical (unpaired) electrons. The third kappa shape index (κ3) is 35.2. The van der Waals surface area contributed by atoms with Crippen LogP contribution in [0.4, 0.5) is 0 Å². The van der Waals surface area contributed by atoms with Crippen molar-refractivity contribution in [1.82, 2.24) is 5.32 Å². The van der Waals surface area contributed by atoms with Crippen LogP contribution < -0.4 is 11.1 Å². The highest BCUT2D eigenvalue weighted by Crippen LogP contribution is 2.43. The summed E-state index contributed by atoms with van der Waals surface area (Å²) in [6, 6.07) is -0.861. The molecule has 0 aliphatic rings. The maximum Gasteiger partial charge on any atom is 0.472 e. The van der Waals surface area contributed by atoms with Crippen LogP contribution in [0, 0.1) is 0 Å². The Labute approximate surface area is 302 Å². The summed E-state index contributed by atoms with van der Waals surface area (Å²) in [5.74, 6) is -0.203. The van der Waals surface area contributed by atoms with E-state index < -0.39 is 20.0 Å². The predicted molar refractivity (Wildman–Crippen MR) is 208 cm³/mol. The molecule has 0 aliphatic carbocycles. The number of amides is 1. The molecule has 0 heterocycles. The van der Waals surface area contributed by atoms with Crippen molar-refractivity contribution in [3.63, 3.8) is 0 Å². The van der Waals surface area contributed by atoms with Gasteiger partial charge in [-0.05, 0) is 44.9 Å². The van der Waals surface area contributed by atoms with E-state index in [1.54, 1.807) is 6.08 Å². The van der Waals surface area contributed by atoms with Crippen LogP contribution in [0.25, 0.3) is 0 Å². The lowest BCUT2D eigenvalue weighted by Gasteiger charge is -2.23. The second-order valence-electron chi connectivity index (χ2n) is 13.8. The molecule has 0 spiro atoms. The first-order valence-corrected chi connectivity index (χ1v) is 22.0. The number of nitrogens with two attached hydrogens (primary N) is 1. The smallest absolute Gasteiger partial charge is 0.387 e. The Bertz CT molecular complexity index is 825. The van der Waals surface area contributed by atoms with E-state index in [2.05, 4.69) is 31.3 Å². The maximum absolute atomic E-state index is 12.7. The molecule has 49 heavy (non-hydrogen) atoms. The fourth-order valence-electron chi connectivity index (χ4n) is 5.89. The van der Waals surface area contributed by atoms with E-state index in [4.69, 9.17) is 14.8 Å². The van der Waals surface area contributed by atoms with Gasteiger partial charge < -0.3 is 21.1 Å². The van der Waals surface area contributed by atoms with Crippen molar-refractivity contribution < 1.29 is 28.4 Å². The highest BCUT2D eigenvalue weighted by molar-refractivity contribution is 7.47. The minimum Gasteiger partial charge on any atom is -0.387 e. The van der Waals surface area contributed by atoms with Gasteiger partial charge in [-0.2, -0.15) is 0 Å². The number of carbonyl (C=O) groups excluding carboxylic acids is 1. The molecule has 0 bridgehead atoms. The summed E-state index contributed by atoms with van der Waals surface area (Å²) in [4.78, 5) is 22.6. The summed E-state index contributed by atoms with van der Waals surface area (Å²) < 4.78 is 22.1. The lowest BCUT2D eigenvalue weighted by Crippen LogP contribution is -2.45. The van der Waals surface area contributed by atoms with Gasteiger partial charge >= 0.3 is 7.82 Å². The van der Waals surface area contributed by atoms with Crippen molar-refractivity contribution in [1.29, 1.82) is 0 Å². The Morgan fingerprint density at radius 3 is 1.51 bits per heavy atom. The topological polar surface area (TPSA) is 131 Å². The minimum absolute atomic E-state index is 0.0780. The van der Waals surface area contributed by atoms with E-state index >= 15 is 0 Å². The van der Waals surface area contributed by atoms with Crippen LogP contribution in [0.2, 0.25) is 0 Å². The van der Waals surface area contributed by atoms with Gasteiger partial charge in [-0.3, -0.25) is 13.8 Å². The number of phosphoric acid groups is 1. The summed E-state index contributed by atoms with van der Waals surface area (Å²) >= 11 is 0. The first-order chi connectivity index (χ1) is 23.9. The Morgan fingerprint density at radius 2 is 1.06 bits per heavy atom. The number of hydrogen-bond donors (Lipinski definition) is 4. The highest BCUT2D eigenvalue weighted by atomic mass is 31.2. The molecular formula is C40H79N2O6P. The van der Waals surface area contributed by atoms with E-state index in [1.165, 1.54) is 122 Å². The Balaban J connectivity index is 4.28. The van der Waals surface area contributed by atoms with Crippen LogP contribution in [0.3, 0.4) is 0 Å². The average Bonchev–Trinajstić information content (AvgIpc) is 3.09. The lowest BCUT2D eigenvalue weighted by molar-refractivity contribution is -0.123. The maximum atomic E-state index is 12.7. The summed E-state index contributed by atoms with van der Waals surface area (Å²) in [5, 5.41) is 13.6. The van der Waals surface area contributed by atoms with E-state index in [0.29, 0.717) is 6.42 Å². The van der Waals surface area contributed by atoms with E-state index in [0.717, 1.165) is 51.4 Å². The standard InChI is InChI=1S/C40H79N2O6P/c1-3-5-7-9-11-13-15-17-19-21-23-25-27-29-31-33-39(43)38(37-48-49(45,46)47-36-35-41)42-40(44)34-32-30-28-26-24-22-20-18-16-14-12-10-8-6-4-2/h18,20,31,33,38-39,43H,3-17,19,21-30,32,34-37,41H2,1-2H3,(H,42,44)(H,45,46)/b20-18-,33-31+. The third-order valence-corrected chi connectivity index (χ3v) is 10.0. The van der Waals surface area contributed by atoms with Crippen LogP contribution in [0.15, 0.2) is 24.3 Å². The normalized spacial score (nSPS) is 14.5. The molecule has 0 fully saturated rings. The van der Waals surface area contributed by atoms with Crippen molar-refractivity contribution in [3.8, 4) is 0 Å². The Hall–Kier alpha value is -1.02. The van der Waals surface area contributed by atoms with Crippen LogP contribution in [-0.2, 0) is 18.4 Å². The molecule has 290 valence electrons. The Kier molecular flexibility index (Phi) is 36.0. The molecule has 0 aromatic carbocycles. The van der Waals surface area contributed by atoms with Gasteiger partial charge in [0.2, 0.25) is 5.91 Å². The molecule has 3 unspecified atom stereocenters. The predicted octanol–water partition coefficient (Wildman–Crippen LogP) is 11.0. The molecular weight excluding hydrogens is 635 g/mol. The second-order valence-corrected chi connectivity index (χ2v) is 15.3. The fourth-order valence-corrected chi connectivity index (χ4v) is 6.65. The number of aliphatic hydroxyl groups excluding tert-OH is 1. The molecule has 0 aromatic heterocycles. The number of aliphatic hydroxyl groups is 1. The SMILES string of the molecule is CCCCCCCC/C=C\CCCCCCCC(=O)NC(COP(=O)(O)OCCN)C(O)/C=C/CCCCCCCCCCCCCCC. The van der Waals surface area contributed by atoms with E-state index in [9.17, 15) is 19.4 Å². The van der Waals surface area contributed by atoms with Gasteiger partial charge in [-0.25, -0.2) is 4.57 Å². The van der Waals surface area contributed by atoms with Gasteiger partial charge in [0.15, 0.2) is 0 Å². The average molecular weight is 715 g/mol. The zero-order valence-corrected chi connectivity index (χ0v) is 32.8. The monoisotopic (exact) mass is 715 g/mol. The van der Waals surface area contributed by atoms with Gasteiger partial charge in [0.05, 0.1) is 25.4 Å². The van der Waals surface area contributed by atoms with E-state index in [1.807, 2.05) is 6.08 Å². The van der Waals surface area contributed by atoms with Crippen LogP contribution >= 0.6 is 7.82 Å². The third-order valence-electron chi connectivity index (χ3n) is 9.02. The molecule has 9 heteroatoms. The van der Waals surface area contributed by atoms with Crippen LogP contribution in [0.1, 0.15) is 194 Å². The molecule has 0 aromatic rings. The summed E-state index contributed by atoms with van der Waals surface area (Å²) in [7, 11) is -4.33. The molecule has 1 amide bonds. The molecule has 0 rings (SSSR count). The van der Waals surface area contributed by atoms with Crippen LogP contribution in [-0.4, -0.2) is 47.8 Å². The minimum atomic E-state index is -4.33. The number of rotatable bonds is 38. The van der Waals surface area contributed by atoms with E-state index in [-0.39, 0.29) is 25.7 Å². The lowest BCUT2D eigenvalue weighted by atomic mass is 10.0. The fraction of sp³-hybridized carbons (Fsp3) is 0.875. The van der Waals surface area contributed by atoms with Crippen LogP contribution in [0.5, 0.6) is 0 Å². The van der Waals surface area contributed by atoms with Crippen molar-refractivity contribution in [2.45, 2.75) is 206 Å². The van der Waals surface area contributed by atoms with Gasteiger partial charge in [0.25, 0.3) is 0 Å². The quantitative estimate of drug-likeness (QED) is 0.0284. The molecule has 3 atom stereocenters. The first-order valence-electron chi connectivity index (χ1n) is 20.5. The van der Waals surface area contributed by atoms with Gasteiger partial charge in [0, 0.05) is 13.0 Å². The molecule has 0 saturated heterocycles. The van der Waals surface area contributed by atoms with Gasteiger partial charge in [-0.1, -0.05) is 167 Å². The summed E-state index contributed by atoms with van der Waals surface area (Å²) in [6.45, 7) is 4.12. The molecule has 8 nitrogen and oxygen atoms in total. The zero-order valence-electron chi connectivity index (χ0n) is 31.9. The summed E-state index contributed by atoms with van der Waals surface area (Å²) in [5.41, 5.74) is 5.36. The number of nitrogens with one attached hydrogen (secondary N) is 1. The van der Waals surface area contributed by atoms with Crippen molar-refractivity contribution >= 4 is 13.7 Å². The largest absolute Gasteiger partial charge is 0.472 e. The first kappa shape index (κ1) is 48.0. The number of carbonyl (C=O) groups is 1. The number of phosphoric ester groups is 1. The van der Waals surface area contributed by atoms with Crippen molar-refractivity contribution in [2.75, 3.05) is 19.8 Å².